The zero-order valence-electron chi connectivity index (χ0n) is 7.24. The van der Waals surface area contributed by atoms with Crippen molar-refractivity contribution in [3.63, 3.8) is 0 Å². The summed E-state index contributed by atoms with van der Waals surface area (Å²) in [5.74, 6) is 4.52. The number of azide groups is 1. The third-order valence-electron chi connectivity index (χ3n) is 1.47. The highest BCUT2D eigenvalue weighted by Gasteiger charge is 2.00. The summed E-state index contributed by atoms with van der Waals surface area (Å²) in [4.78, 5) is 2.51. The van der Waals surface area contributed by atoms with Crippen molar-refractivity contribution >= 4 is 5.69 Å². The van der Waals surface area contributed by atoms with Gasteiger partial charge in [-0.3, -0.25) is 0 Å². The lowest BCUT2D eigenvalue weighted by atomic mass is 10.2. The second-order valence-corrected chi connectivity index (χ2v) is 2.39. The maximum absolute atomic E-state index is 13.1. The van der Waals surface area contributed by atoms with E-state index in [-0.39, 0.29) is 17.8 Å². The van der Waals surface area contributed by atoms with Crippen LogP contribution in [-0.4, -0.2) is 6.54 Å². The second kappa shape index (κ2) is 4.75. The van der Waals surface area contributed by atoms with Gasteiger partial charge in [0.15, 0.2) is 0 Å². The Bertz CT molecular complexity index is 418. The van der Waals surface area contributed by atoms with Crippen molar-refractivity contribution in [2.45, 2.75) is 0 Å². The van der Waals surface area contributed by atoms with Gasteiger partial charge >= 0.3 is 0 Å². The van der Waals surface area contributed by atoms with E-state index in [4.69, 9.17) is 11.3 Å². The topological polar surface area (TPSA) is 74.8 Å². The molecule has 5 heteroatoms. The van der Waals surface area contributed by atoms with Gasteiger partial charge in [-0.15, -0.1) is 0 Å². The molecule has 0 unspecified atom stereocenters. The molecule has 0 fully saturated rings. The van der Waals surface area contributed by atoms with E-state index in [9.17, 15) is 4.39 Å². The van der Waals surface area contributed by atoms with Gasteiger partial charge in [-0.25, -0.2) is 4.39 Å². The molecule has 4 nitrogen and oxygen atoms in total. The van der Waals surface area contributed by atoms with Crippen LogP contribution >= 0.6 is 0 Å². The summed E-state index contributed by atoms with van der Waals surface area (Å²) in [6, 6.07) is 4.33. The predicted octanol–water partition coefficient (Wildman–Crippen LogP) is 2.07. The SMILES string of the molecule is [N-]=[N+]=NCC#Cc1c(N)cccc1F. The van der Waals surface area contributed by atoms with Gasteiger partial charge in [-0.2, -0.15) is 0 Å². The van der Waals surface area contributed by atoms with Crippen LogP contribution in [-0.2, 0) is 0 Å². The number of nitrogens with zero attached hydrogens (tertiary/aromatic N) is 3. The van der Waals surface area contributed by atoms with Crippen LogP contribution in [0.15, 0.2) is 23.3 Å². The van der Waals surface area contributed by atoms with Crippen molar-refractivity contribution in [1.29, 1.82) is 0 Å². The Kier molecular flexibility index (Phi) is 3.36. The third-order valence-corrected chi connectivity index (χ3v) is 1.47. The average molecular weight is 190 g/mol. The molecule has 1 aromatic rings. The lowest BCUT2D eigenvalue weighted by molar-refractivity contribution is 0.625. The molecule has 0 saturated carbocycles. The fourth-order valence-corrected chi connectivity index (χ4v) is 0.868. The molecule has 0 spiro atoms. The number of anilines is 1. The molecule has 0 aromatic heterocycles. The molecular weight excluding hydrogens is 183 g/mol. The first-order valence-electron chi connectivity index (χ1n) is 3.79. The third kappa shape index (κ3) is 2.41. The van der Waals surface area contributed by atoms with Crippen molar-refractivity contribution < 1.29 is 4.39 Å². The van der Waals surface area contributed by atoms with Crippen LogP contribution in [0.25, 0.3) is 10.4 Å². The number of halogens is 1. The van der Waals surface area contributed by atoms with Gasteiger partial charge in [0, 0.05) is 4.91 Å². The fourth-order valence-electron chi connectivity index (χ4n) is 0.868. The molecule has 70 valence electrons. The molecule has 1 rings (SSSR count). The number of hydrogen-bond donors (Lipinski definition) is 1. The predicted molar refractivity (Wildman–Crippen MR) is 51.7 cm³/mol. The van der Waals surface area contributed by atoms with Crippen LogP contribution in [0.5, 0.6) is 0 Å². The van der Waals surface area contributed by atoms with Gasteiger partial charge in [-0.1, -0.05) is 23.0 Å². The van der Waals surface area contributed by atoms with E-state index in [1.165, 1.54) is 12.1 Å². The molecule has 14 heavy (non-hydrogen) atoms. The van der Waals surface area contributed by atoms with E-state index >= 15 is 0 Å². The molecule has 0 atom stereocenters. The van der Waals surface area contributed by atoms with Gasteiger partial charge < -0.3 is 5.73 Å². The number of benzene rings is 1. The molecule has 0 aliphatic carbocycles. The maximum atomic E-state index is 13.1. The van der Waals surface area contributed by atoms with E-state index in [1.54, 1.807) is 6.07 Å². The minimum absolute atomic E-state index is 0.00424. The summed E-state index contributed by atoms with van der Waals surface area (Å²) in [5.41, 5.74) is 13.9. The number of nitrogen functional groups attached to an aromatic ring is 1. The Labute approximate surface area is 80.2 Å². The van der Waals surface area contributed by atoms with E-state index in [1.807, 2.05) is 0 Å². The normalized spacial score (nSPS) is 8.36. The van der Waals surface area contributed by atoms with Crippen molar-refractivity contribution in [2.75, 3.05) is 12.3 Å². The Morgan fingerprint density at radius 3 is 3.00 bits per heavy atom. The van der Waals surface area contributed by atoms with Crippen LogP contribution < -0.4 is 5.73 Å². The molecule has 0 radical (unpaired) electrons. The molecule has 0 saturated heterocycles. The molecule has 2 N–H and O–H groups in total. The summed E-state index contributed by atoms with van der Waals surface area (Å²) in [6.45, 7) is 0.00424. The highest BCUT2D eigenvalue weighted by molar-refractivity contribution is 5.56. The van der Waals surface area contributed by atoms with E-state index in [0.717, 1.165) is 0 Å². The van der Waals surface area contributed by atoms with Gasteiger partial charge in [0.2, 0.25) is 0 Å². The molecule has 1 aromatic carbocycles. The number of rotatable bonds is 1. The minimum atomic E-state index is -0.474. The molecule has 0 heterocycles. The zero-order chi connectivity index (χ0) is 10.4. The Morgan fingerprint density at radius 2 is 2.36 bits per heavy atom. The quantitative estimate of drug-likeness (QED) is 0.238. The standard InChI is InChI=1S/C9H7FN4/c10-8-4-1-5-9(11)7(8)3-2-6-13-14-12/h1,4-5H,6,11H2. The molecule has 0 amide bonds. The van der Waals surface area contributed by atoms with Gasteiger partial charge in [0.25, 0.3) is 0 Å². The monoisotopic (exact) mass is 190 g/mol. The minimum Gasteiger partial charge on any atom is -0.398 e. The number of hydrogen-bond acceptors (Lipinski definition) is 2. The van der Waals surface area contributed by atoms with E-state index < -0.39 is 5.82 Å². The van der Waals surface area contributed by atoms with Crippen molar-refractivity contribution in [3.8, 4) is 11.8 Å². The van der Waals surface area contributed by atoms with Crippen molar-refractivity contribution in [3.05, 3.63) is 40.0 Å². The highest BCUT2D eigenvalue weighted by atomic mass is 19.1. The second-order valence-electron chi connectivity index (χ2n) is 2.39. The summed E-state index contributed by atoms with van der Waals surface area (Å²) in [6.07, 6.45) is 0. The van der Waals surface area contributed by atoms with Gasteiger partial charge in [0.1, 0.15) is 5.82 Å². The first-order chi connectivity index (χ1) is 6.75. The zero-order valence-corrected chi connectivity index (χ0v) is 7.24. The summed E-state index contributed by atoms with van der Waals surface area (Å²) >= 11 is 0. The lowest BCUT2D eigenvalue weighted by Crippen LogP contribution is -1.93. The lowest BCUT2D eigenvalue weighted by Gasteiger charge is -1.97. The first kappa shape index (κ1) is 9.90. The molecule has 0 aliphatic rings. The maximum Gasteiger partial charge on any atom is 0.140 e. The average Bonchev–Trinajstić information content (AvgIpc) is 2.16. The smallest absolute Gasteiger partial charge is 0.140 e. The summed E-state index contributed by atoms with van der Waals surface area (Å²) in [7, 11) is 0. The van der Waals surface area contributed by atoms with Crippen LogP contribution in [0.1, 0.15) is 5.56 Å². The van der Waals surface area contributed by atoms with Gasteiger partial charge in [0.05, 0.1) is 17.8 Å². The Balaban J connectivity index is 2.94. The summed E-state index contributed by atoms with van der Waals surface area (Å²) < 4.78 is 13.1. The van der Waals surface area contributed by atoms with Crippen LogP contribution in [0.4, 0.5) is 10.1 Å². The van der Waals surface area contributed by atoms with Crippen molar-refractivity contribution in [1.82, 2.24) is 0 Å². The molecular formula is C9H7FN4. The Morgan fingerprint density at radius 1 is 1.57 bits per heavy atom. The Hall–Kier alpha value is -2.18. The van der Waals surface area contributed by atoms with Crippen LogP contribution in [0, 0.1) is 17.7 Å². The highest BCUT2D eigenvalue weighted by Crippen LogP contribution is 2.13. The number of nitrogens with two attached hydrogens (primary N) is 1. The van der Waals surface area contributed by atoms with Gasteiger partial charge in [-0.05, 0) is 17.7 Å². The van der Waals surface area contributed by atoms with Crippen molar-refractivity contribution in [2.24, 2.45) is 5.11 Å². The fraction of sp³-hybridized carbons (Fsp3) is 0.111. The van der Waals surface area contributed by atoms with Crippen LogP contribution in [0.3, 0.4) is 0 Å². The molecule has 0 aliphatic heterocycles. The van der Waals surface area contributed by atoms with E-state index in [0.29, 0.717) is 0 Å². The van der Waals surface area contributed by atoms with Crippen LogP contribution in [0.2, 0.25) is 0 Å². The van der Waals surface area contributed by atoms with E-state index in [2.05, 4.69) is 21.9 Å². The summed E-state index contributed by atoms with van der Waals surface area (Å²) in [5, 5.41) is 3.19. The molecule has 0 bridgehead atoms. The largest absolute Gasteiger partial charge is 0.398 e. The first-order valence-corrected chi connectivity index (χ1v) is 3.79.